The lowest BCUT2D eigenvalue weighted by atomic mass is 10.1. The normalized spacial score (nSPS) is 10.6. The molecule has 2 rings (SSSR count). The Balaban J connectivity index is 2.30. The minimum absolute atomic E-state index is 0.0774. The van der Waals surface area contributed by atoms with Gasteiger partial charge in [-0.2, -0.15) is 0 Å². The molecule has 25 heavy (non-hydrogen) atoms. The lowest BCUT2D eigenvalue weighted by Gasteiger charge is -2.14. The Morgan fingerprint density at radius 3 is 2.64 bits per heavy atom. The fourth-order valence-electron chi connectivity index (χ4n) is 2.11. The molecular formula is C18H19BrN2O4. The summed E-state index contributed by atoms with van der Waals surface area (Å²) < 4.78 is 6.46. The highest BCUT2D eigenvalue weighted by Gasteiger charge is 2.17. The second-order valence-electron chi connectivity index (χ2n) is 6.06. The number of nitro benzene ring substituents is 1. The van der Waals surface area contributed by atoms with Crippen LogP contribution in [0.15, 0.2) is 40.9 Å². The monoisotopic (exact) mass is 406 g/mol. The van der Waals surface area contributed by atoms with Gasteiger partial charge >= 0.3 is 0 Å². The van der Waals surface area contributed by atoms with Gasteiger partial charge in [-0.15, -0.1) is 0 Å². The molecule has 7 heteroatoms. The predicted molar refractivity (Wildman–Crippen MR) is 100 cm³/mol. The molecule has 0 aliphatic rings. The first kappa shape index (κ1) is 18.9. The Hall–Kier alpha value is -2.41. The number of carbonyl (C=O) groups excluding carboxylic acids is 1. The molecule has 1 amide bonds. The fraction of sp³-hybridized carbons (Fsp3) is 0.278. The van der Waals surface area contributed by atoms with Crippen molar-refractivity contribution >= 4 is 33.2 Å². The van der Waals surface area contributed by atoms with Crippen molar-refractivity contribution in [2.45, 2.75) is 20.8 Å². The number of ether oxygens (including phenoxy) is 1. The van der Waals surface area contributed by atoms with Crippen LogP contribution in [0.3, 0.4) is 0 Å². The number of non-ortho nitro benzene ring substituents is 1. The van der Waals surface area contributed by atoms with Crippen molar-refractivity contribution < 1.29 is 14.5 Å². The average Bonchev–Trinajstić information content (AvgIpc) is 2.55. The molecule has 0 bridgehead atoms. The minimum atomic E-state index is -0.495. The maximum atomic E-state index is 12.7. The fourth-order valence-corrected chi connectivity index (χ4v) is 2.47. The first-order valence-corrected chi connectivity index (χ1v) is 8.56. The van der Waals surface area contributed by atoms with E-state index in [2.05, 4.69) is 21.2 Å². The quantitative estimate of drug-likeness (QED) is 0.543. The maximum absolute atomic E-state index is 12.7. The number of hydrogen-bond acceptors (Lipinski definition) is 4. The van der Waals surface area contributed by atoms with Crippen LogP contribution >= 0.6 is 15.9 Å². The highest BCUT2D eigenvalue weighted by atomic mass is 79.9. The summed E-state index contributed by atoms with van der Waals surface area (Å²) in [6.45, 7) is 6.30. The van der Waals surface area contributed by atoms with Crippen molar-refractivity contribution in [1.82, 2.24) is 0 Å². The summed E-state index contributed by atoms with van der Waals surface area (Å²) in [5, 5.41) is 13.7. The number of aryl methyl sites for hydroxylation is 1. The lowest BCUT2D eigenvalue weighted by molar-refractivity contribution is -0.384. The standard InChI is InChI=1S/C18H19BrN2O4/c1-11(2)10-25-17-7-5-13(19)8-15(17)18(22)20-16-9-14(21(23)24)6-4-12(16)3/h4-9,11H,10H2,1-3H3,(H,20,22). The van der Waals surface area contributed by atoms with Gasteiger partial charge in [0.1, 0.15) is 5.75 Å². The molecule has 0 heterocycles. The molecule has 0 saturated heterocycles. The SMILES string of the molecule is Cc1ccc([N+](=O)[O-])cc1NC(=O)c1cc(Br)ccc1OCC(C)C. The number of hydrogen-bond donors (Lipinski definition) is 1. The van der Waals surface area contributed by atoms with Gasteiger partial charge in [-0.1, -0.05) is 35.8 Å². The van der Waals surface area contributed by atoms with Gasteiger partial charge in [-0.3, -0.25) is 14.9 Å². The lowest BCUT2D eigenvalue weighted by Crippen LogP contribution is -2.16. The van der Waals surface area contributed by atoms with E-state index in [1.807, 2.05) is 13.8 Å². The number of benzene rings is 2. The Bertz CT molecular complexity index is 806. The summed E-state index contributed by atoms with van der Waals surface area (Å²) in [4.78, 5) is 23.1. The van der Waals surface area contributed by atoms with E-state index in [1.165, 1.54) is 12.1 Å². The summed E-state index contributed by atoms with van der Waals surface area (Å²) in [5.74, 6) is 0.403. The van der Waals surface area contributed by atoms with Gasteiger partial charge < -0.3 is 10.1 Å². The summed E-state index contributed by atoms with van der Waals surface area (Å²) in [5.41, 5.74) is 1.42. The molecule has 2 aromatic carbocycles. The minimum Gasteiger partial charge on any atom is -0.492 e. The van der Waals surface area contributed by atoms with E-state index in [-0.39, 0.29) is 11.6 Å². The second-order valence-corrected chi connectivity index (χ2v) is 6.97. The van der Waals surface area contributed by atoms with E-state index < -0.39 is 4.92 Å². The zero-order valence-electron chi connectivity index (χ0n) is 14.2. The predicted octanol–water partition coefficient (Wildman–Crippen LogP) is 4.95. The highest BCUT2D eigenvalue weighted by Crippen LogP contribution is 2.27. The summed E-state index contributed by atoms with van der Waals surface area (Å²) in [6.07, 6.45) is 0. The smallest absolute Gasteiger partial charge is 0.271 e. The van der Waals surface area contributed by atoms with Crippen LogP contribution in [-0.2, 0) is 0 Å². The molecule has 0 spiro atoms. The van der Waals surface area contributed by atoms with Gasteiger partial charge in [0.25, 0.3) is 11.6 Å². The van der Waals surface area contributed by atoms with Gasteiger partial charge in [-0.05, 0) is 36.6 Å². The van der Waals surface area contributed by atoms with Crippen molar-refractivity contribution in [1.29, 1.82) is 0 Å². The van der Waals surface area contributed by atoms with Crippen LogP contribution in [0.4, 0.5) is 11.4 Å². The van der Waals surface area contributed by atoms with Crippen molar-refractivity contribution in [3.8, 4) is 5.75 Å². The zero-order valence-corrected chi connectivity index (χ0v) is 15.8. The van der Waals surface area contributed by atoms with E-state index in [1.54, 1.807) is 31.2 Å². The molecular weight excluding hydrogens is 388 g/mol. The molecule has 2 aromatic rings. The molecule has 6 nitrogen and oxygen atoms in total. The molecule has 0 aliphatic carbocycles. The number of nitro groups is 1. The third-order valence-corrected chi connectivity index (χ3v) is 3.93. The van der Waals surface area contributed by atoms with Crippen LogP contribution in [0.5, 0.6) is 5.75 Å². The van der Waals surface area contributed by atoms with Crippen LogP contribution in [0.1, 0.15) is 29.8 Å². The van der Waals surface area contributed by atoms with Gasteiger partial charge in [0.05, 0.1) is 22.8 Å². The molecule has 0 fully saturated rings. The van der Waals surface area contributed by atoms with Gasteiger partial charge in [0.2, 0.25) is 0 Å². The zero-order chi connectivity index (χ0) is 18.6. The van der Waals surface area contributed by atoms with Gasteiger partial charge in [0, 0.05) is 16.6 Å². The van der Waals surface area contributed by atoms with Gasteiger partial charge in [-0.25, -0.2) is 0 Å². The average molecular weight is 407 g/mol. The van der Waals surface area contributed by atoms with Crippen molar-refractivity contribution in [2.75, 3.05) is 11.9 Å². The third kappa shape index (κ3) is 5.03. The molecule has 1 N–H and O–H groups in total. The molecule has 0 atom stereocenters. The van der Waals surface area contributed by atoms with Crippen LogP contribution in [0.25, 0.3) is 0 Å². The van der Waals surface area contributed by atoms with Crippen LogP contribution in [-0.4, -0.2) is 17.4 Å². The van der Waals surface area contributed by atoms with Crippen LogP contribution in [0, 0.1) is 23.0 Å². The maximum Gasteiger partial charge on any atom is 0.271 e. The molecule has 132 valence electrons. The first-order valence-electron chi connectivity index (χ1n) is 7.76. The number of halogens is 1. The largest absolute Gasteiger partial charge is 0.492 e. The molecule has 0 radical (unpaired) electrons. The molecule has 0 saturated carbocycles. The Kier molecular flexibility index (Phi) is 6.14. The Labute approximate surface area is 154 Å². The topological polar surface area (TPSA) is 81.5 Å². The van der Waals surface area contributed by atoms with E-state index in [0.29, 0.717) is 29.5 Å². The highest BCUT2D eigenvalue weighted by molar-refractivity contribution is 9.10. The Morgan fingerprint density at radius 1 is 1.28 bits per heavy atom. The van der Waals surface area contributed by atoms with E-state index in [4.69, 9.17) is 4.74 Å². The number of nitrogens with one attached hydrogen (secondary N) is 1. The first-order chi connectivity index (χ1) is 11.8. The third-order valence-electron chi connectivity index (χ3n) is 3.44. The van der Waals surface area contributed by atoms with Crippen molar-refractivity contribution in [2.24, 2.45) is 5.92 Å². The molecule has 0 unspecified atom stereocenters. The molecule has 0 aliphatic heterocycles. The van der Waals surface area contributed by atoms with E-state index in [0.717, 1.165) is 10.0 Å². The van der Waals surface area contributed by atoms with Crippen LogP contribution < -0.4 is 10.1 Å². The van der Waals surface area contributed by atoms with Crippen molar-refractivity contribution in [3.05, 3.63) is 62.1 Å². The number of rotatable bonds is 6. The van der Waals surface area contributed by atoms with E-state index >= 15 is 0 Å². The van der Waals surface area contributed by atoms with Gasteiger partial charge in [0.15, 0.2) is 0 Å². The van der Waals surface area contributed by atoms with Crippen molar-refractivity contribution in [3.63, 3.8) is 0 Å². The number of anilines is 1. The molecule has 0 aromatic heterocycles. The number of amides is 1. The number of nitrogens with zero attached hydrogens (tertiary/aromatic N) is 1. The van der Waals surface area contributed by atoms with E-state index in [9.17, 15) is 14.9 Å². The summed E-state index contributed by atoms with van der Waals surface area (Å²) in [7, 11) is 0. The second kappa shape index (κ2) is 8.11. The summed E-state index contributed by atoms with van der Waals surface area (Å²) >= 11 is 3.35. The number of carbonyl (C=O) groups is 1. The Morgan fingerprint density at radius 2 is 2.00 bits per heavy atom. The van der Waals surface area contributed by atoms with Crippen LogP contribution in [0.2, 0.25) is 0 Å². The summed E-state index contributed by atoms with van der Waals surface area (Å²) in [6, 6.07) is 9.54.